The van der Waals surface area contributed by atoms with Gasteiger partial charge in [0.05, 0.1) is 33.1 Å². The average Bonchev–Trinajstić information content (AvgIpc) is 3.23. The first kappa shape index (κ1) is 22.3. The van der Waals surface area contributed by atoms with Crippen LogP contribution in [0.4, 0.5) is 0 Å². The molecule has 0 unspecified atom stereocenters. The Hall–Kier alpha value is -3.43. The maximum atomic E-state index is 12.3. The van der Waals surface area contributed by atoms with E-state index in [1.165, 1.54) is 14.2 Å². The average molecular weight is 442 g/mol. The summed E-state index contributed by atoms with van der Waals surface area (Å²) in [6.45, 7) is 0.000332. The molecule has 0 bridgehead atoms. The summed E-state index contributed by atoms with van der Waals surface area (Å²) in [6.07, 6.45) is 0. The fraction of sp³-hybridized carbons (Fsp3) is 0.227. The predicted molar refractivity (Wildman–Crippen MR) is 120 cm³/mol. The zero-order chi connectivity index (χ0) is 22.2. The largest absolute Gasteiger partial charge is 0.493 e. The van der Waals surface area contributed by atoms with Gasteiger partial charge in [0.2, 0.25) is 0 Å². The van der Waals surface area contributed by atoms with Crippen LogP contribution in [0.3, 0.4) is 0 Å². The molecule has 1 aromatic heterocycles. The van der Waals surface area contributed by atoms with Gasteiger partial charge in [-0.3, -0.25) is 9.59 Å². The Morgan fingerprint density at radius 2 is 1.81 bits per heavy atom. The highest BCUT2D eigenvalue weighted by molar-refractivity contribution is 7.17. The lowest BCUT2D eigenvalue weighted by atomic mass is 10.1. The smallest absolute Gasteiger partial charge is 0.259 e. The Morgan fingerprint density at radius 1 is 1.03 bits per heavy atom. The van der Waals surface area contributed by atoms with Crippen molar-refractivity contribution in [1.82, 2.24) is 10.7 Å². The normalized spacial score (nSPS) is 11.3. The molecule has 2 aromatic carbocycles. The highest BCUT2D eigenvalue weighted by Gasteiger charge is 2.13. The summed E-state index contributed by atoms with van der Waals surface area (Å²) >= 11 is 1.59. The highest BCUT2D eigenvalue weighted by Crippen LogP contribution is 2.27. The Kier molecular flexibility index (Phi) is 7.58. The number of hydrogen-bond acceptors (Lipinski definition) is 7. The van der Waals surface area contributed by atoms with Crippen LogP contribution in [0.25, 0.3) is 10.1 Å². The second-order valence-electron chi connectivity index (χ2n) is 6.42. The topological polar surface area (TPSA) is 98.2 Å². The van der Waals surface area contributed by atoms with Gasteiger partial charge in [0, 0.05) is 33.7 Å². The summed E-state index contributed by atoms with van der Waals surface area (Å²) in [6, 6.07) is 12.7. The molecule has 162 valence electrons. The van der Waals surface area contributed by atoms with Crippen molar-refractivity contribution in [2.45, 2.75) is 0 Å². The van der Waals surface area contributed by atoms with Crippen molar-refractivity contribution in [1.29, 1.82) is 0 Å². The van der Waals surface area contributed by atoms with E-state index in [0.29, 0.717) is 22.8 Å². The van der Waals surface area contributed by atoms with Gasteiger partial charge in [-0.05, 0) is 24.3 Å². The zero-order valence-electron chi connectivity index (χ0n) is 17.4. The summed E-state index contributed by atoms with van der Waals surface area (Å²) in [5, 5.41) is 9.80. The maximum absolute atomic E-state index is 12.3. The molecule has 0 spiro atoms. The summed E-state index contributed by atoms with van der Waals surface area (Å²) in [4.78, 5) is 24.6. The first-order valence-electron chi connectivity index (χ1n) is 9.38. The first-order valence-corrected chi connectivity index (χ1v) is 10.3. The van der Waals surface area contributed by atoms with Gasteiger partial charge in [0.15, 0.2) is 11.5 Å². The number of hydrazone groups is 1. The molecule has 9 heteroatoms. The van der Waals surface area contributed by atoms with Gasteiger partial charge in [-0.1, -0.05) is 18.2 Å². The molecule has 8 nitrogen and oxygen atoms in total. The molecule has 0 saturated heterocycles. The van der Waals surface area contributed by atoms with E-state index < -0.39 is 11.8 Å². The molecule has 2 N–H and O–H groups in total. The Labute approximate surface area is 183 Å². The lowest BCUT2D eigenvalue weighted by Crippen LogP contribution is -2.35. The van der Waals surface area contributed by atoms with Gasteiger partial charge in [-0.2, -0.15) is 5.10 Å². The number of carbonyl (C=O) groups is 2. The van der Waals surface area contributed by atoms with Gasteiger partial charge in [-0.25, -0.2) is 5.43 Å². The quantitative estimate of drug-likeness (QED) is 0.393. The van der Waals surface area contributed by atoms with Crippen LogP contribution in [0, 0.1) is 0 Å². The van der Waals surface area contributed by atoms with Crippen LogP contribution in [0.15, 0.2) is 52.9 Å². The van der Waals surface area contributed by atoms with Crippen molar-refractivity contribution in [3.63, 3.8) is 0 Å². The lowest BCUT2D eigenvalue weighted by molar-refractivity contribution is -0.120. The van der Waals surface area contributed by atoms with E-state index in [4.69, 9.17) is 14.2 Å². The molecule has 0 radical (unpaired) electrons. The molecule has 0 fully saturated rings. The number of ether oxygens (including phenoxy) is 3. The fourth-order valence-electron chi connectivity index (χ4n) is 2.92. The van der Waals surface area contributed by atoms with Crippen LogP contribution >= 0.6 is 11.3 Å². The van der Waals surface area contributed by atoms with Crippen LogP contribution in [0.2, 0.25) is 0 Å². The molecule has 0 aliphatic carbocycles. The first-order chi connectivity index (χ1) is 15.1. The van der Waals surface area contributed by atoms with Crippen LogP contribution in [0.1, 0.15) is 15.9 Å². The predicted octanol–water partition coefficient (Wildman–Crippen LogP) is 2.82. The number of nitrogens with zero attached hydrogens (tertiary/aromatic N) is 1. The highest BCUT2D eigenvalue weighted by atomic mass is 32.1. The Balaban J connectivity index is 1.64. The van der Waals surface area contributed by atoms with Gasteiger partial charge in [0.1, 0.15) is 0 Å². The summed E-state index contributed by atoms with van der Waals surface area (Å²) in [5.74, 6) is 0.0668. The van der Waals surface area contributed by atoms with Crippen LogP contribution < -0.4 is 20.2 Å². The molecule has 0 aliphatic rings. The number of fused-ring (bicyclic) bond motifs is 1. The zero-order valence-corrected chi connectivity index (χ0v) is 18.2. The van der Waals surface area contributed by atoms with E-state index >= 15 is 0 Å². The number of rotatable bonds is 9. The summed E-state index contributed by atoms with van der Waals surface area (Å²) in [7, 11) is 4.56. The fourth-order valence-corrected chi connectivity index (χ4v) is 3.89. The second-order valence-corrected chi connectivity index (χ2v) is 7.34. The number of methoxy groups -OCH3 is 3. The van der Waals surface area contributed by atoms with E-state index in [0.717, 1.165) is 15.6 Å². The number of benzene rings is 2. The van der Waals surface area contributed by atoms with Crippen molar-refractivity contribution < 1.29 is 23.8 Å². The SMILES string of the molecule is COCC(=NNC(=O)CNC(=O)c1ccc(OC)c(OC)c1)c1csc2ccccc12. The maximum Gasteiger partial charge on any atom is 0.259 e. The van der Waals surface area contributed by atoms with Gasteiger partial charge >= 0.3 is 0 Å². The van der Waals surface area contributed by atoms with E-state index in [-0.39, 0.29) is 13.2 Å². The molecule has 3 aromatic rings. The number of hydrogen-bond donors (Lipinski definition) is 2. The molecule has 1 heterocycles. The van der Waals surface area contributed by atoms with Crippen molar-refractivity contribution in [2.75, 3.05) is 34.5 Å². The minimum Gasteiger partial charge on any atom is -0.493 e. The third kappa shape index (κ3) is 5.39. The van der Waals surface area contributed by atoms with Crippen molar-refractivity contribution in [3.8, 4) is 11.5 Å². The van der Waals surface area contributed by atoms with E-state index in [1.54, 1.807) is 36.6 Å². The molecule has 0 atom stereocenters. The van der Waals surface area contributed by atoms with Gasteiger partial charge < -0.3 is 19.5 Å². The van der Waals surface area contributed by atoms with Crippen molar-refractivity contribution in [3.05, 3.63) is 59.0 Å². The lowest BCUT2D eigenvalue weighted by Gasteiger charge is -2.10. The summed E-state index contributed by atoms with van der Waals surface area (Å²) < 4.78 is 16.7. The van der Waals surface area contributed by atoms with Crippen molar-refractivity contribution >= 4 is 38.9 Å². The minimum absolute atomic E-state index is 0.235. The molecule has 2 amide bonds. The van der Waals surface area contributed by atoms with E-state index in [9.17, 15) is 9.59 Å². The molecule has 0 aliphatic heterocycles. The summed E-state index contributed by atoms with van der Waals surface area (Å²) in [5.41, 5.74) is 4.33. The van der Waals surface area contributed by atoms with E-state index in [1.807, 2.05) is 29.6 Å². The van der Waals surface area contributed by atoms with Gasteiger partial charge in [0.25, 0.3) is 11.8 Å². The standard InChI is InChI=1S/C22H23N3O5S/c1-28-12-17(16-13-31-20-7-5-4-6-15(16)20)24-25-21(26)11-23-22(27)14-8-9-18(29-2)19(10-14)30-3/h4-10,13H,11-12H2,1-3H3,(H,23,27)(H,25,26). The second kappa shape index (κ2) is 10.6. The molecular weight excluding hydrogens is 418 g/mol. The van der Waals surface area contributed by atoms with Crippen molar-refractivity contribution in [2.24, 2.45) is 5.10 Å². The third-order valence-electron chi connectivity index (χ3n) is 4.44. The Morgan fingerprint density at radius 3 is 2.55 bits per heavy atom. The van der Waals surface area contributed by atoms with Crippen LogP contribution in [0.5, 0.6) is 11.5 Å². The van der Waals surface area contributed by atoms with Gasteiger partial charge in [-0.15, -0.1) is 11.3 Å². The number of nitrogens with one attached hydrogen (secondary N) is 2. The minimum atomic E-state index is -0.457. The molecule has 0 saturated carbocycles. The third-order valence-corrected chi connectivity index (χ3v) is 5.41. The monoisotopic (exact) mass is 441 g/mol. The van der Waals surface area contributed by atoms with Crippen LogP contribution in [-0.4, -0.2) is 52.0 Å². The van der Waals surface area contributed by atoms with Crippen LogP contribution in [-0.2, 0) is 9.53 Å². The number of amides is 2. The van der Waals surface area contributed by atoms with E-state index in [2.05, 4.69) is 15.8 Å². The number of carbonyl (C=O) groups excluding carboxylic acids is 2. The molecular formula is C22H23N3O5S. The molecule has 31 heavy (non-hydrogen) atoms. The number of thiophene rings is 1. The Bertz CT molecular complexity index is 1110. The molecule has 3 rings (SSSR count).